The minimum absolute atomic E-state index is 0. The zero-order chi connectivity index (χ0) is 7.11. The summed E-state index contributed by atoms with van der Waals surface area (Å²) in [4.78, 5) is 9.42. The van der Waals surface area contributed by atoms with Crippen LogP contribution in [0.4, 0.5) is 4.79 Å². The van der Waals surface area contributed by atoms with Gasteiger partial charge in [0.25, 0.3) is 1.80 Å². The molecule has 0 N–H and O–H groups in total. The first-order chi connectivity index (χ1) is 4.23. The van der Waals surface area contributed by atoms with Gasteiger partial charge >= 0.3 is 0 Å². The van der Waals surface area contributed by atoms with Crippen molar-refractivity contribution in [2.45, 2.75) is 0 Å². The molecule has 0 aliphatic carbocycles. The van der Waals surface area contributed by atoms with Crippen molar-refractivity contribution in [3.8, 4) is 0 Å². The molecule has 58 valence electrons. The Balaban J connectivity index is 0. The number of carbonyl (C=O) groups is 1. The summed E-state index contributed by atoms with van der Waals surface area (Å²) < 4.78 is 0.107. The van der Waals surface area contributed by atoms with Crippen LogP contribution >= 0.6 is 45.2 Å². The molecule has 1 rings (SSSR count). The van der Waals surface area contributed by atoms with Crippen LogP contribution in [-0.4, -0.2) is 1.80 Å². The molecule has 0 heterocycles. The molecule has 1 nitrogen and oxygen atoms in total. The van der Waals surface area contributed by atoms with Crippen molar-refractivity contribution in [2.75, 3.05) is 0 Å². The normalized spacial score (nSPS) is 6.60. The number of hydrogen-bond acceptors (Lipinski definition) is 1. The van der Waals surface area contributed by atoms with E-state index in [2.05, 4.69) is 0 Å². The molecule has 10 heavy (non-hydrogen) atoms. The van der Waals surface area contributed by atoms with E-state index >= 15 is 0 Å². The Bertz CT molecular complexity index is 130. The molecular weight excluding hydrogens is 398 g/mol. The van der Waals surface area contributed by atoms with Gasteiger partial charge in [0.05, 0.1) is 0 Å². The minimum atomic E-state index is 0. The van der Waals surface area contributed by atoms with E-state index in [0.717, 1.165) is 0 Å². The Morgan fingerprint density at radius 1 is 1.20 bits per heavy atom. The molecule has 0 fully saturated rings. The van der Waals surface area contributed by atoms with Crippen LogP contribution in [0.3, 0.4) is 0 Å². The van der Waals surface area contributed by atoms with Crippen LogP contribution in [0.5, 0.6) is 0 Å². The van der Waals surface area contributed by atoms with Gasteiger partial charge in [-0.2, -0.15) is 18.2 Å². The Kier molecular flexibility index (Phi) is 13.6. The van der Waals surface area contributed by atoms with E-state index in [0.29, 0.717) is 0 Å². The Labute approximate surface area is 98.1 Å². The van der Waals surface area contributed by atoms with Crippen molar-refractivity contribution >= 4 is 47.0 Å². The predicted octanol–water partition coefficient (Wildman–Crippen LogP) is 3.38. The second kappa shape index (κ2) is 10.00. The first-order valence-electron chi connectivity index (χ1n) is 2.25. The number of rotatable bonds is 0. The fourth-order valence-corrected chi connectivity index (χ4v) is 0.321. The maximum absolute atomic E-state index is 9.42. The molecule has 0 radical (unpaired) electrons. The topological polar surface area (TPSA) is 17.1 Å². The molecule has 0 bridgehead atoms. The molecule has 0 aliphatic rings. The SMILES string of the molecule is O=C(I)I.[Fe].c1cc[cH-]c1. The van der Waals surface area contributed by atoms with Crippen LogP contribution in [0, 0.1) is 0 Å². The molecule has 0 amide bonds. The third-order valence-corrected chi connectivity index (χ3v) is 0.556. The van der Waals surface area contributed by atoms with Gasteiger partial charge in [0.2, 0.25) is 0 Å². The summed E-state index contributed by atoms with van der Waals surface area (Å²) in [6.07, 6.45) is 0. The van der Waals surface area contributed by atoms with E-state index in [9.17, 15) is 4.79 Å². The van der Waals surface area contributed by atoms with Crippen molar-refractivity contribution in [3.05, 3.63) is 30.3 Å². The monoisotopic (exact) mass is 403 g/mol. The van der Waals surface area contributed by atoms with Gasteiger partial charge in [0.15, 0.2) is 0 Å². The average molecular weight is 403 g/mol. The zero-order valence-electron chi connectivity index (χ0n) is 4.90. The Morgan fingerprint density at radius 3 is 1.60 bits per heavy atom. The molecule has 0 spiro atoms. The molecule has 0 aromatic heterocycles. The van der Waals surface area contributed by atoms with Crippen LogP contribution in [0.2, 0.25) is 0 Å². The summed E-state index contributed by atoms with van der Waals surface area (Å²) in [5, 5.41) is 0. The third-order valence-electron chi connectivity index (χ3n) is 0.556. The summed E-state index contributed by atoms with van der Waals surface area (Å²) in [6, 6.07) is 10.0. The average Bonchev–Trinajstić information content (AvgIpc) is 2.11. The van der Waals surface area contributed by atoms with Gasteiger partial charge in [0.1, 0.15) is 0 Å². The molecule has 0 saturated carbocycles. The van der Waals surface area contributed by atoms with Crippen LogP contribution < -0.4 is 0 Å². The molecule has 0 saturated heterocycles. The fourth-order valence-electron chi connectivity index (χ4n) is 0.321. The van der Waals surface area contributed by atoms with E-state index in [4.69, 9.17) is 0 Å². The molecule has 1 aromatic carbocycles. The molecule has 0 atom stereocenters. The molecule has 0 aliphatic heterocycles. The van der Waals surface area contributed by atoms with Crippen LogP contribution in [0.1, 0.15) is 0 Å². The maximum atomic E-state index is 9.42. The first-order valence-corrected chi connectivity index (χ1v) is 4.41. The van der Waals surface area contributed by atoms with Crippen molar-refractivity contribution in [1.82, 2.24) is 0 Å². The second-order valence-corrected chi connectivity index (χ2v) is 5.21. The Morgan fingerprint density at radius 2 is 1.50 bits per heavy atom. The molecule has 0 unspecified atom stereocenters. The molecular formula is C6H5FeI2O-. The summed E-state index contributed by atoms with van der Waals surface area (Å²) in [7, 11) is 0. The van der Waals surface area contributed by atoms with Gasteiger partial charge < -0.3 is 0 Å². The molecule has 4 heteroatoms. The van der Waals surface area contributed by atoms with E-state index in [-0.39, 0.29) is 18.9 Å². The van der Waals surface area contributed by atoms with Crippen molar-refractivity contribution in [3.63, 3.8) is 0 Å². The molecule has 1 aromatic rings. The van der Waals surface area contributed by atoms with E-state index < -0.39 is 0 Å². The summed E-state index contributed by atoms with van der Waals surface area (Å²) in [5.41, 5.74) is 0. The number of hydrogen-bond donors (Lipinski definition) is 0. The van der Waals surface area contributed by atoms with Crippen molar-refractivity contribution in [1.29, 1.82) is 0 Å². The Hall–Kier alpha value is 0.999. The smallest absolute Gasteiger partial charge is 0.251 e. The predicted molar refractivity (Wildman–Crippen MR) is 55.5 cm³/mol. The summed E-state index contributed by atoms with van der Waals surface area (Å²) >= 11 is 3.38. The number of halogens is 2. The first kappa shape index (κ1) is 13.6. The largest absolute Gasteiger partial charge is 0.276 e. The van der Waals surface area contributed by atoms with Crippen LogP contribution in [0.15, 0.2) is 30.3 Å². The van der Waals surface area contributed by atoms with Gasteiger partial charge in [-0.05, 0) is 0 Å². The van der Waals surface area contributed by atoms with Crippen LogP contribution in [0.25, 0.3) is 0 Å². The minimum Gasteiger partial charge on any atom is -0.276 e. The quantitative estimate of drug-likeness (QED) is 0.281. The van der Waals surface area contributed by atoms with Gasteiger partial charge in [-0.3, -0.25) is 4.79 Å². The summed E-state index contributed by atoms with van der Waals surface area (Å²) in [5.74, 6) is 0. The third kappa shape index (κ3) is 16.0. The maximum Gasteiger partial charge on any atom is 0.251 e. The van der Waals surface area contributed by atoms with Crippen molar-refractivity contribution in [2.24, 2.45) is 0 Å². The van der Waals surface area contributed by atoms with Crippen molar-refractivity contribution < 1.29 is 21.9 Å². The fraction of sp³-hybridized carbons (Fsp3) is 0. The van der Waals surface area contributed by atoms with Gasteiger partial charge in [-0.15, -0.1) is 0 Å². The van der Waals surface area contributed by atoms with E-state index in [1.807, 2.05) is 30.3 Å². The second-order valence-electron chi connectivity index (χ2n) is 1.19. The van der Waals surface area contributed by atoms with Gasteiger partial charge in [-0.1, -0.05) is 0 Å². The van der Waals surface area contributed by atoms with Crippen LogP contribution in [-0.2, 0) is 17.1 Å². The van der Waals surface area contributed by atoms with Gasteiger partial charge in [0, 0.05) is 62.3 Å². The van der Waals surface area contributed by atoms with E-state index in [1.54, 1.807) is 45.2 Å². The van der Waals surface area contributed by atoms with Gasteiger partial charge in [-0.25, -0.2) is 12.1 Å². The standard InChI is InChI=1S/C5H5.CI2O.Fe/c1-2-4-5-3-1;2-1(3)4;/h1-5H;;/q-1;;. The number of carbonyl (C=O) groups excluding carboxylic acids is 1. The zero-order valence-corrected chi connectivity index (χ0v) is 10.3. The van der Waals surface area contributed by atoms with E-state index in [1.165, 1.54) is 0 Å². The summed E-state index contributed by atoms with van der Waals surface area (Å²) in [6.45, 7) is 0.